The average Bonchev–Trinajstić information content (AvgIpc) is 2.58. The second-order valence-electron chi connectivity index (χ2n) is 6.03. The van der Waals surface area contributed by atoms with Crippen LogP contribution in [0.3, 0.4) is 0 Å². The normalized spacial score (nSPS) is 15.7. The molecule has 122 valence electrons. The van der Waals surface area contributed by atoms with Gasteiger partial charge in [-0.2, -0.15) is 0 Å². The summed E-state index contributed by atoms with van der Waals surface area (Å²) in [6, 6.07) is 12.2. The molecule has 0 N–H and O–H groups in total. The van der Waals surface area contributed by atoms with E-state index < -0.39 is 0 Å². The van der Waals surface area contributed by atoms with Gasteiger partial charge >= 0.3 is 0 Å². The minimum Gasteiger partial charge on any atom is -0.361 e. The lowest BCUT2D eigenvalue weighted by atomic mass is 10.2. The van der Waals surface area contributed by atoms with Crippen LogP contribution in [0.1, 0.15) is 5.56 Å². The van der Waals surface area contributed by atoms with Crippen LogP contribution < -0.4 is 9.80 Å². The predicted octanol–water partition coefficient (Wildman–Crippen LogP) is 2.52. The topological polar surface area (TPSA) is 35.5 Å². The van der Waals surface area contributed by atoms with Gasteiger partial charge in [0.2, 0.25) is 0 Å². The zero-order chi connectivity index (χ0) is 16.2. The highest BCUT2D eigenvalue weighted by molar-refractivity contribution is 6.30. The lowest BCUT2D eigenvalue weighted by molar-refractivity contribution is 0.249. The van der Waals surface area contributed by atoms with Crippen molar-refractivity contribution in [3.05, 3.63) is 47.0 Å². The van der Waals surface area contributed by atoms with Crippen molar-refractivity contribution in [1.82, 2.24) is 15.1 Å². The Morgan fingerprint density at radius 2 is 1.65 bits per heavy atom. The van der Waals surface area contributed by atoms with E-state index in [4.69, 9.17) is 11.6 Å². The van der Waals surface area contributed by atoms with E-state index in [1.165, 1.54) is 5.56 Å². The van der Waals surface area contributed by atoms with E-state index in [-0.39, 0.29) is 0 Å². The molecule has 1 aliphatic heterocycles. The highest BCUT2D eigenvalue weighted by Crippen LogP contribution is 2.17. The van der Waals surface area contributed by atoms with E-state index in [1.54, 1.807) is 0 Å². The molecule has 1 fully saturated rings. The van der Waals surface area contributed by atoms with Crippen LogP contribution in [-0.4, -0.2) is 55.4 Å². The van der Waals surface area contributed by atoms with Crippen molar-refractivity contribution in [3.63, 3.8) is 0 Å². The lowest BCUT2D eigenvalue weighted by Gasteiger charge is -2.35. The molecular weight excluding hydrogens is 310 g/mol. The zero-order valence-corrected chi connectivity index (χ0v) is 14.4. The molecule has 2 aromatic rings. The first kappa shape index (κ1) is 16.0. The highest BCUT2D eigenvalue weighted by atomic mass is 35.5. The van der Waals surface area contributed by atoms with Crippen LogP contribution in [0.2, 0.25) is 5.02 Å². The summed E-state index contributed by atoms with van der Waals surface area (Å²) >= 11 is 5.94. The van der Waals surface area contributed by atoms with Gasteiger partial charge in [-0.25, -0.2) is 0 Å². The third-order valence-electron chi connectivity index (χ3n) is 4.11. The average molecular weight is 332 g/mol. The summed E-state index contributed by atoms with van der Waals surface area (Å²) in [4.78, 5) is 6.72. The molecular formula is C17H22ClN5. The molecule has 0 amide bonds. The molecule has 0 spiro atoms. The zero-order valence-electron chi connectivity index (χ0n) is 13.6. The molecule has 1 saturated heterocycles. The van der Waals surface area contributed by atoms with E-state index in [0.29, 0.717) is 0 Å². The fraction of sp³-hybridized carbons (Fsp3) is 0.412. The van der Waals surface area contributed by atoms with Gasteiger partial charge in [-0.1, -0.05) is 23.7 Å². The molecule has 2 heterocycles. The number of aromatic nitrogens is 2. The summed E-state index contributed by atoms with van der Waals surface area (Å²) in [5, 5.41) is 9.39. The minimum atomic E-state index is 0.790. The fourth-order valence-electron chi connectivity index (χ4n) is 2.71. The lowest BCUT2D eigenvalue weighted by Crippen LogP contribution is -2.46. The number of benzene rings is 1. The highest BCUT2D eigenvalue weighted by Gasteiger charge is 2.18. The first-order chi connectivity index (χ1) is 11.1. The number of piperazine rings is 1. The molecule has 0 unspecified atom stereocenters. The van der Waals surface area contributed by atoms with Crippen LogP contribution in [0.25, 0.3) is 0 Å². The Hall–Kier alpha value is -1.85. The Kier molecular flexibility index (Phi) is 4.98. The summed E-state index contributed by atoms with van der Waals surface area (Å²) < 4.78 is 0. The van der Waals surface area contributed by atoms with E-state index in [9.17, 15) is 0 Å². The fourth-order valence-corrected chi connectivity index (χ4v) is 2.83. The number of halogens is 1. The van der Waals surface area contributed by atoms with Crippen LogP contribution >= 0.6 is 11.6 Å². The van der Waals surface area contributed by atoms with Gasteiger partial charge in [-0.3, -0.25) is 4.90 Å². The smallest absolute Gasteiger partial charge is 0.151 e. The number of hydrogen-bond donors (Lipinski definition) is 0. The van der Waals surface area contributed by atoms with Crippen molar-refractivity contribution >= 4 is 23.2 Å². The van der Waals surface area contributed by atoms with Crippen molar-refractivity contribution in [2.75, 3.05) is 50.1 Å². The van der Waals surface area contributed by atoms with Gasteiger partial charge in [-0.15, -0.1) is 10.2 Å². The van der Waals surface area contributed by atoms with Crippen LogP contribution in [0.5, 0.6) is 0 Å². The second kappa shape index (κ2) is 7.15. The molecule has 1 aromatic carbocycles. The molecule has 23 heavy (non-hydrogen) atoms. The molecule has 3 rings (SSSR count). The van der Waals surface area contributed by atoms with Gasteiger partial charge in [0, 0.05) is 51.8 Å². The molecule has 6 heteroatoms. The molecule has 1 aliphatic rings. The molecule has 1 aromatic heterocycles. The third kappa shape index (κ3) is 4.12. The van der Waals surface area contributed by atoms with Crippen LogP contribution in [0, 0.1) is 0 Å². The summed E-state index contributed by atoms with van der Waals surface area (Å²) in [6.07, 6.45) is 0. The van der Waals surface area contributed by atoms with Crippen molar-refractivity contribution < 1.29 is 0 Å². The van der Waals surface area contributed by atoms with Crippen molar-refractivity contribution in [2.24, 2.45) is 0 Å². The van der Waals surface area contributed by atoms with Gasteiger partial charge in [0.25, 0.3) is 0 Å². The van der Waals surface area contributed by atoms with E-state index in [2.05, 4.69) is 38.2 Å². The first-order valence-corrected chi connectivity index (χ1v) is 8.22. The Balaban J connectivity index is 1.54. The number of rotatable bonds is 4. The van der Waals surface area contributed by atoms with Crippen LogP contribution in [0.4, 0.5) is 11.6 Å². The number of nitrogens with zero attached hydrogens (tertiary/aromatic N) is 5. The van der Waals surface area contributed by atoms with Crippen molar-refractivity contribution in [3.8, 4) is 0 Å². The molecule has 0 saturated carbocycles. The predicted molar refractivity (Wildman–Crippen MR) is 95.3 cm³/mol. The summed E-state index contributed by atoms with van der Waals surface area (Å²) in [6.45, 7) is 4.98. The molecule has 0 atom stereocenters. The molecule has 5 nitrogen and oxygen atoms in total. The summed E-state index contributed by atoms with van der Waals surface area (Å²) in [5.41, 5.74) is 1.30. The van der Waals surface area contributed by atoms with Crippen LogP contribution in [-0.2, 0) is 6.54 Å². The van der Waals surface area contributed by atoms with E-state index in [0.717, 1.165) is 49.4 Å². The Bertz CT molecular complexity index is 618. The standard InChI is InChI=1S/C17H22ClN5/c1-21(2)16-7-8-17(20-19-16)23-11-9-22(10-12-23)13-14-3-5-15(18)6-4-14/h3-8H,9-13H2,1-2H3. The monoisotopic (exact) mass is 331 g/mol. The van der Waals surface area contributed by atoms with Gasteiger partial charge in [0.15, 0.2) is 11.6 Å². The Morgan fingerprint density at radius 3 is 2.22 bits per heavy atom. The van der Waals surface area contributed by atoms with Crippen molar-refractivity contribution in [2.45, 2.75) is 6.54 Å². The SMILES string of the molecule is CN(C)c1ccc(N2CCN(Cc3ccc(Cl)cc3)CC2)nn1. The van der Waals surface area contributed by atoms with E-state index in [1.807, 2.05) is 37.2 Å². The molecule has 0 bridgehead atoms. The van der Waals surface area contributed by atoms with Gasteiger partial charge in [-0.05, 0) is 29.8 Å². The van der Waals surface area contributed by atoms with E-state index >= 15 is 0 Å². The molecule has 0 radical (unpaired) electrons. The van der Waals surface area contributed by atoms with Crippen LogP contribution in [0.15, 0.2) is 36.4 Å². The second-order valence-corrected chi connectivity index (χ2v) is 6.47. The maximum Gasteiger partial charge on any atom is 0.151 e. The molecule has 0 aliphatic carbocycles. The maximum absolute atomic E-state index is 5.94. The third-order valence-corrected chi connectivity index (χ3v) is 4.36. The van der Waals surface area contributed by atoms with Crippen molar-refractivity contribution in [1.29, 1.82) is 0 Å². The maximum atomic E-state index is 5.94. The van der Waals surface area contributed by atoms with Gasteiger partial charge < -0.3 is 9.80 Å². The largest absolute Gasteiger partial charge is 0.361 e. The number of hydrogen-bond acceptors (Lipinski definition) is 5. The van der Waals surface area contributed by atoms with Gasteiger partial charge in [0.05, 0.1) is 0 Å². The Labute approximate surface area is 142 Å². The number of anilines is 2. The Morgan fingerprint density at radius 1 is 0.957 bits per heavy atom. The minimum absolute atomic E-state index is 0.790. The van der Waals surface area contributed by atoms with Gasteiger partial charge in [0.1, 0.15) is 0 Å². The summed E-state index contributed by atoms with van der Waals surface area (Å²) in [5.74, 6) is 1.84. The summed E-state index contributed by atoms with van der Waals surface area (Å²) in [7, 11) is 3.94. The first-order valence-electron chi connectivity index (χ1n) is 7.84. The quantitative estimate of drug-likeness (QED) is 0.860.